The number of halogens is 1. The highest BCUT2D eigenvalue weighted by Crippen LogP contribution is 2.06. The van der Waals surface area contributed by atoms with E-state index in [1.54, 1.807) is 25.1 Å². The lowest BCUT2D eigenvalue weighted by Crippen LogP contribution is -2.45. The van der Waals surface area contributed by atoms with Gasteiger partial charge in [0.25, 0.3) is 0 Å². The molecule has 0 bridgehead atoms. The van der Waals surface area contributed by atoms with Crippen molar-refractivity contribution in [2.75, 3.05) is 6.54 Å². The summed E-state index contributed by atoms with van der Waals surface area (Å²) < 4.78 is 13.3. The van der Waals surface area contributed by atoms with Gasteiger partial charge in [-0.25, -0.2) is 9.18 Å². The van der Waals surface area contributed by atoms with Gasteiger partial charge in [0.1, 0.15) is 5.82 Å². The van der Waals surface area contributed by atoms with E-state index in [1.165, 1.54) is 13.0 Å². The topological polar surface area (TPSA) is 78.4 Å². The number of nitrogens with one attached hydrogen (secondary N) is 2. The SMILES string of the molecule is CC(NC(=O)NCCc1ccccc1F)C(C)C(=O)O. The molecule has 3 N–H and O–H groups in total. The highest BCUT2D eigenvalue weighted by atomic mass is 19.1. The van der Waals surface area contributed by atoms with Crippen molar-refractivity contribution in [3.63, 3.8) is 0 Å². The van der Waals surface area contributed by atoms with Gasteiger partial charge < -0.3 is 15.7 Å². The molecule has 0 aliphatic heterocycles. The lowest BCUT2D eigenvalue weighted by molar-refractivity contribution is -0.141. The Morgan fingerprint density at radius 3 is 2.55 bits per heavy atom. The van der Waals surface area contributed by atoms with Crippen molar-refractivity contribution in [2.45, 2.75) is 26.3 Å². The lowest BCUT2D eigenvalue weighted by atomic mass is 10.0. The summed E-state index contributed by atoms with van der Waals surface area (Å²) in [5.41, 5.74) is 0.528. The molecule has 0 aromatic heterocycles. The predicted octanol–water partition coefficient (Wildman–Crippen LogP) is 1.78. The number of carbonyl (C=O) groups is 2. The van der Waals surface area contributed by atoms with Gasteiger partial charge in [-0.1, -0.05) is 18.2 Å². The highest BCUT2D eigenvalue weighted by Gasteiger charge is 2.20. The van der Waals surface area contributed by atoms with E-state index in [0.29, 0.717) is 12.0 Å². The van der Waals surface area contributed by atoms with E-state index in [-0.39, 0.29) is 12.4 Å². The largest absolute Gasteiger partial charge is 0.481 e. The number of urea groups is 1. The molecule has 5 nitrogen and oxygen atoms in total. The third-order valence-corrected chi connectivity index (χ3v) is 3.14. The second-order valence-corrected chi connectivity index (χ2v) is 4.66. The minimum atomic E-state index is -0.968. The summed E-state index contributed by atoms with van der Waals surface area (Å²) in [6.07, 6.45) is 0.378. The number of rotatable bonds is 6. The first-order valence-electron chi connectivity index (χ1n) is 6.42. The summed E-state index contributed by atoms with van der Waals surface area (Å²) in [4.78, 5) is 22.3. The molecule has 1 aromatic carbocycles. The molecule has 1 rings (SSSR count). The second-order valence-electron chi connectivity index (χ2n) is 4.66. The summed E-state index contributed by atoms with van der Waals surface area (Å²) in [5, 5.41) is 13.9. The van der Waals surface area contributed by atoms with Crippen LogP contribution in [-0.2, 0) is 11.2 Å². The number of hydrogen-bond acceptors (Lipinski definition) is 2. The fourth-order valence-corrected chi connectivity index (χ4v) is 1.61. The fraction of sp³-hybridized carbons (Fsp3) is 0.429. The summed E-state index contributed by atoms with van der Waals surface area (Å²) in [6.45, 7) is 3.42. The van der Waals surface area contributed by atoms with E-state index in [2.05, 4.69) is 10.6 Å². The molecular formula is C14H19FN2O3. The Kier molecular flexibility index (Phi) is 5.96. The Bertz CT molecular complexity index is 479. The molecule has 0 aliphatic rings. The zero-order valence-corrected chi connectivity index (χ0v) is 11.5. The molecular weight excluding hydrogens is 263 g/mol. The normalized spacial score (nSPS) is 13.3. The summed E-state index contributed by atoms with van der Waals surface area (Å²) in [7, 11) is 0. The van der Waals surface area contributed by atoms with Crippen LogP contribution in [0, 0.1) is 11.7 Å². The highest BCUT2D eigenvalue weighted by molar-refractivity contribution is 5.76. The maximum Gasteiger partial charge on any atom is 0.315 e. The third kappa shape index (κ3) is 4.87. The number of carboxylic acids is 1. The summed E-state index contributed by atoms with van der Waals surface area (Å²) >= 11 is 0. The number of carboxylic acid groups (broad SMARTS) is 1. The first-order chi connectivity index (χ1) is 9.41. The Hall–Kier alpha value is -2.11. The van der Waals surface area contributed by atoms with Gasteiger partial charge in [-0.2, -0.15) is 0 Å². The van der Waals surface area contributed by atoms with Crippen LogP contribution < -0.4 is 10.6 Å². The average Bonchev–Trinajstić information content (AvgIpc) is 2.39. The smallest absolute Gasteiger partial charge is 0.315 e. The van der Waals surface area contributed by atoms with E-state index in [0.717, 1.165) is 0 Å². The van der Waals surface area contributed by atoms with Gasteiger partial charge in [0.2, 0.25) is 0 Å². The molecule has 0 aliphatic carbocycles. The quantitative estimate of drug-likeness (QED) is 0.744. The number of aliphatic carboxylic acids is 1. The summed E-state index contributed by atoms with van der Waals surface area (Å²) in [5.74, 6) is -1.95. The van der Waals surface area contributed by atoms with Crippen LogP contribution in [0.4, 0.5) is 9.18 Å². The van der Waals surface area contributed by atoms with E-state index < -0.39 is 24.0 Å². The minimum absolute atomic E-state index is 0.279. The Morgan fingerprint density at radius 1 is 1.30 bits per heavy atom. The molecule has 2 unspecified atom stereocenters. The molecule has 20 heavy (non-hydrogen) atoms. The van der Waals surface area contributed by atoms with E-state index in [4.69, 9.17) is 5.11 Å². The Labute approximate surface area is 117 Å². The van der Waals surface area contributed by atoms with Gasteiger partial charge in [0.15, 0.2) is 0 Å². The van der Waals surface area contributed by atoms with Crippen LogP contribution in [0.1, 0.15) is 19.4 Å². The molecule has 0 fully saturated rings. The zero-order chi connectivity index (χ0) is 15.1. The maximum absolute atomic E-state index is 13.3. The van der Waals surface area contributed by atoms with E-state index in [9.17, 15) is 14.0 Å². The second kappa shape index (κ2) is 7.47. The van der Waals surface area contributed by atoms with Gasteiger partial charge in [-0.15, -0.1) is 0 Å². The van der Waals surface area contributed by atoms with Crippen LogP contribution in [-0.4, -0.2) is 29.7 Å². The Morgan fingerprint density at radius 2 is 1.95 bits per heavy atom. The first kappa shape index (κ1) is 15.9. The van der Waals surface area contributed by atoms with Crippen LogP contribution in [0.25, 0.3) is 0 Å². The van der Waals surface area contributed by atoms with Crippen LogP contribution in [0.5, 0.6) is 0 Å². The molecule has 6 heteroatoms. The van der Waals surface area contributed by atoms with Crippen LogP contribution in [0.2, 0.25) is 0 Å². The molecule has 0 saturated heterocycles. The number of amides is 2. The van der Waals surface area contributed by atoms with Crippen molar-refractivity contribution in [1.82, 2.24) is 10.6 Å². The molecule has 2 amide bonds. The maximum atomic E-state index is 13.3. The third-order valence-electron chi connectivity index (χ3n) is 3.14. The van der Waals surface area contributed by atoms with Crippen molar-refractivity contribution in [3.8, 4) is 0 Å². The molecule has 0 heterocycles. The monoisotopic (exact) mass is 282 g/mol. The Balaban J connectivity index is 2.34. The van der Waals surface area contributed by atoms with Crippen molar-refractivity contribution < 1.29 is 19.1 Å². The predicted molar refractivity (Wildman–Crippen MR) is 72.9 cm³/mol. The van der Waals surface area contributed by atoms with Crippen molar-refractivity contribution in [1.29, 1.82) is 0 Å². The van der Waals surface area contributed by atoms with Crippen LogP contribution in [0.15, 0.2) is 24.3 Å². The number of carbonyl (C=O) groups excluding carboxylic acids is 1. The van der Waals surface area contributed by atoms with Crippen molar-refractivity contribution in [2.24, 2.45) is 5.92 Å². The minimum Gasteiger partial charge on any atom is -0.481 e. The van der Waals surface area contributed by atoms with E-state index in [1.807, 2.05) is 0 Å². The number of benzene rings is 1. The van der Waals surface area contributed by atoms with Crippen molar-refractivity contribution in [3.05, 3.63) is 35.6 Å². The molecule has 0 saturated carbocycles. The standard InChI is InChI=1S/C14H19FN2O3/c1-9(13(18)19)10(2)17-14(20)16-8-7-11-5-3-4-6-12(11)15/h3-6,9-10H,7-8H2,1-2H3,(H,18,19)(H2,16,17,20). The summed E-state index contributed by atoms with van der Waals surface area (Å²) in [6, 6.07) is 5.42. The van der Waals surface area contributed by atoms with Gasteiger partial charge in [-0.05, 0) is 31.9 Å². The van der Waals surface area contributed by atoms with Gasteiger partial charge >= 0.3 is 12.0 Å². The van der Waals surface area contributed by atoms with Crippen molar-refractivity contribution >= 4 is 12.0 Å². The number of hydrogen-bond donors (Lipinski definition) is 3. The fourth-order valence-electron chi connectivity index (χ4n) is 1.61. The molecule has 2 atom stereocenters. The molecule has 0 spiro atoms. The van der Waals surface area contributed by atoms with E-state index >= 15 is 0 Å². The van der Waals surface area contributed by atoms with Gasteiger partial charge in [0.05, 0.1) is 5.92 Å². The van der Waals surface area contributed by atoms with Gasteiger partial charge in [-0.3, -0.25) is 4.79 Å². The first-order valence-corrected chi connectivity index (χ1v) is 6.42. The molecule has 1 aromatic rings. The zero-order valence-electron chi connectivity index (χ0n) is 11.5. The molecule has 0 radical (unpaired) electrons. The van der Waals surface area contributed by atoms with Crippen LogP contribution >= 0.6 is 0 Å². The lowest BCUT2D eigenvalue weighted by Gasteiger charge is -2.18. The van der Waals surface area contributed by atoms with Crippen LogP contribution in [0.3, 0.4) is 0 Å². The van der Waals surface area contributed by atoms with Gasteiger partial charge in [0, 0.05) is 12.6 Å². The molecule has 110 valence electrons. The average molecular weight is 282 g/mol.